The first-order chi connectivity index (χ1) is 11.1. The molecule has 2 unspecified atom stereocenters. The van der Waals surface area contributed by atoms with Gasteiger partial charge in [0.15, 0.2) is 0 Å². The van der Waals surface area contributed by atoms with Crippen molar-refractivity contribution >= 4 is 11.9 Å². The molecule has 23 heavy (non-hydrogen) atoms. The molecule has 1 aliphatic rings. The zero-order valence-corrected chi connectivity index (χ0v) is 13.9. The van der Waals surface area contributed by atoms with Gasteiger partial charge in [0.2, 0.25) is 0 Å². The second kappa shape index (κ2) is 8.67. The van der Waals surface area contributed by atoms with Crippen LogP contribution in [0, 0.1) is 0 Å². The lowest BCUT2D eigenvalue weighted by molar-refractivity contribution is -0.143. The number of esters is 1. The molecule has 128 valence electrons. The Morgan fingerprint density at radius 3 is 3.09 bits per heavy atom. The molecule has 7 heteroatoms. The van der Waals surface area contributed by atoms with Crippen LogP contribution in [0.25, 0.3) is 0 Å². The minimum atomic E-state index is -0.234. The van der Waals surface area contributed by atoms with Gasteiger partial charge in [-0.2, -0.15) is 5.10 Å². The fourth-order valence-electron chi connectivity index (χ4n) is 2.66. The fraction of sp³-hybridized carbons (Fsp3) is 0.688. The number of carbonyl (C=O) groups excluding carboxylic acids is 2. The Bertz CT molecular complexity index is 523. The van der Waals surface area contributed by atoms with Crippen molar-refractivity contribution in [3.05, 3.63) is 18.0 Å². The van der Waals surface area contributed by atoms with Crippen LogP contribution < -0.4 is 10.6 Å². The van der Waals surface area contributed by atoms with E-state index >= 15 is 0 Å². The van der Waals surface area contributed by atoms with Gasteiger partial charge >= 0.3 is 5.97 Å². The number of aromatic nitrogens is 2. The van der Waals surface area contributed by atoms with E-state index in [0.29, 0.717) is 31.2 Å². The molecule has 0 radical (unpaired) electrons. The summed E-state index contributed by atoms with van der Waals surface area (Å²) in [5.41, 5.74) is 0.415. The van der Waals surface area contributed by atoms with Crippen LogP contribution in [0.3, 0.4) is 0 Å². The maximum atomic E-state index is 12.2. The van der Waals surface area contributed by atoms with Crippen molar-refractivity contribution < 1.29 is 14.3 Å². The summed E-state index contributed by atoms with van der Waals surface area (Å²) in [7, 11) is 0. The Morgan fingerprint density at radius 2 is 2.39 bits per heavy atom. The van der Waals surface area contributed by atoms with Crippen molar-refractivity contribution in [1.82, 2.24) is 20.4 Å². The van der Waals surface area contributed by atoms with Gasteiger partial charge in [0.25, 0.3) is 5.91 Å². The molecule has 2 N–H and O–H groups in total. The molecular formula is C16H26N4O3. The summed E-state index contributed by atoms with van der Waals surface area (Å²) in [5.74, 6) is -0.438. The Kier molecular flexibility index (Phi) is 6.58. The molecule has 1 aliphatic heterocycles. The van der Waals surface area contributed by atoms with Crippen molar-refractivity contribution in [3.63, 3.8) is 0 Å². The third kappa shape index (κ3) is 5.35. The van der Waals surface area contributed by atoms with Crippen LogP contribution in [0.2, 0.25) is 0 Å². The maximum absolute atomic E-state index is 12.2. The van der Waals surface area contributed by atoms with Gasteiger partial charge in [0.05, 0.1) is 12.6 Å². The predicted molar refractivity (Wildman–Crippen MR) is 86.2 cm³/mol. The van der Waals surface area contributed by atoms with Crippen LogP contribution in [-0.4, -0.2) is 47.4 Å². The topological polar surface area (TPSA) is 85.2 Å². The number of ether oxygens (including phenoxy) is 1. The fourth-order valence-corrected chi connectivity index (χ4v) is 2.66. The molecular weight excluding hydrogens is 296 g/mol. The van der Waals surface area contributed by atoms with E-state index in [1.54, 1.807) is 13.0 Å². The highest BCUT2D eigenvalue weighted by Gasteiger charge is 2.18. The Hall–Kier alpha value is -1.89. The van der Waals surface area contributed by atoms with Gasteiger partial charge in [0, 0.05) is 25.2 Å². The van der Waals surface area contributed by atoms with Gasteiger partial charge in [-0.15, -0.1) is 0 Å². The van der Waals surface area contributed by atoms with Gasteiger partial charge in [-0.25, -0.2) is 0 Å². The van der Waals surface area contributed by atoms with Crippen LogP contribution in [0.4, 0.5) is 0 Å². The smallest absolute Gasteiger partial charge is 0.305 e. The van der Waals surface area contributed by atoms with Gasteiger partial charge in [-0.3, -0.25) is 14.3 Å². The highest BCUT2D eigenvalue weighted by molar-refractivity contribution is 5.92. The molecule has 1 saturated heterocycles. The van der Waals surface area contributed by atoms with Gasteiger partial charge < -0.3 is 15.4 Å². The lowest BCUT2D eigenvalue weighted by atomic mass is 10.1. The third-order valence-electron chi connectivity index (χ3n) is 3.95. The molecule has 2 heterocycles. The SMILES string of the molecule is CCOC(=O)CCC(C)NC(=O)c1ccn(C2CCCNC2)n1. The normalized spacial score (nSPS) is 19.1. The van der Waals surface area contributed by atoms with E-state index in [0.717, 1.165) is 25.9 Å². The number of piperidine rings is 1. The summed E-state index contributed by atoms with van der Waals surface area (Å²) in [4.78, 5) is 23.5. The summed E-state index contributed by atoms with van der Waals surface area (Å²) >= 11 is 0. The van der Waals surface area contributed by atoms with Gasteiger partial charge in [-0.05, 0) is 45.7 Å². The molecule has 0 aliphatic carbocycles. The van der Waals surface area contributed by atoms with E-state index in [2.05, 4.69) is 15.7 Å². The van der Waals surface area contributed by atoms with Crippen molar-refractivity contribution in [1.29, 1.82) is 0 Å². The number of rotatable bonds is 7. The molecule has 0 spiro atoms. The molecule has 1 aromatic rings. The van der Waals surface area contributed by atoms with Crippen LogP contribution in [0.15, 0.2) is 12.3 Å². The Morgan fingerprint density at radius 1 is 1.57 bits per heavy atom. The molecule has 2 atom stereocenters. The molecule has 1 fully saturated rings. The zero-order valence-electron chi connectivity index (χ0n) is 13.9. The minimum absolute atomic E-state index is 0.103. The number of nitrogens with zero attached hydrogens (tertiary/aromatic N) is 2. The van der Waals surface area contributed by atoms with Crippen LogP contribution in [-0.2, 0) is 9.53 Å². The lowest BCUT2D eigenvalue weighted by Gasteiger charge is -2.22. The number of hydrogen-bond acceptors (Lipinski definition) is 5. The van der Waals surface area contributed by atoms with Gasteiger partial charge in [-0.1, -0.05) is 0 Å². The minimum Gasteiger partial charge on any atom is -0.466 e. The Labute approximate surface area is 136 Å². The van der Waals surface area contributed by atoms with E-state index < -0.39 is 0 Å². The number of nitrogens with one attached hydrogen (secondary N) is 2. The first-order valence-electron chi connectivity index (χ1n) is 8.32. The van der Waals surface area contributed by atoms with Crippen LogP contribution >= 0.6 is 0 Å². The van der Waals surface area contributed by atoms with Crippen molar-refractivity contribution in [2.75, 3.05) is 19.7 Å². The van der Waals surface area contributed by atoms with Crippen molar-refractivity contribution in [3.8, 4) is 0 Å². The van der Waals surface area contributed by atoms with Crippen LogP contribution in [0.1, 0.15) is 56.1 Å². The second-order valence-corrected chi connectivity index (χ2v) is 5.90. The van der Waals surface area contributed by atoms with Gasteiger partial charge in [0.1, 0.15) is 5.69 Å². The summed E-state index contributed by atoms with van der Waals surface area (Å²) in [6.07, 6.45) is 4.91. The van der Waals surface area contributed by atoms with E-state index in [4.69, 9.17) is 4.74 Å². The lowest BCUT2D eigenvalue weighted by Crippen LogP contribution is -2.34. The number of carbonyl (C=O) groups is 2. The summed E-state index contributed by atoms with van der Waals surface area (Å²) in [5, 5.41) is 10.6. The molecule has 2 rings (SSSR count). The molecule has 0 bridgehead atoms. The summed E-state index contributed by atoms with van der Waals surface area (Å²) in [6, 6.07) is 1.95. The van der Waals surface area contributed by atoms with Crippen molar-refractivity contribution in [2.45, 2.75) is 51.6 Å². The molecule has 7 nitrogen and oxygen atoms in total. The quantitative estimate of drug-likeness (QED) is 0.739. The second-order valence-electron chi connectivity index (χ2n) is 5.90. The monoisotopic (exact) mass is 322 g/mol. The molecule has 1 aromatic heterocycles. The van der Waals surface area contributed by atoms with E-state index in [-0.39, 0.29) is 17.9 Å². The first kappa shape index (κ1) is 17.5. The predicted octanol–water partition coefficient (Wildman–Crippen LogP) is 1.27. The van der Waals surface area contributed by atoms with E-state index in [1.807, 2.05) is 17.8 Å². The summed E-state index contributed by atoms with van der Waals surface area (Å²) < 4.78 is 6.74. The van der Waals surface area contributed by atoms with E-state index in [1.165, 1.54) is 0 Å². The number of hydrogen-bond donors (Lipinski definition) is 2. The standard InChI is InChI=1S/C16H26N4O3/c1-3-23-15(21)7-6-12(2)18-16(22)14-8-10-20(19-14)13-5-4-9-17-11-13/h8,10,12-13,17H,3-7,9,11H2,1-2H3,(H,18,22). The third-order valence-corrected chi connectivity index (χ3v) is 3.95. The Balaban J connectivity index is 1.81. The van der Waals surface area contributed by atoms with Crippen LogP contribution in [0.5, 0.6) is 0 Å². The van der Waals surface area contributed by atoms with E-state index in [9.17, 15) is 9.59 Å². The molecule has 1 amide bonds. The average molecular weight is 322 g/mol. The highest BCUT2D eigenvalue weighted by Crippen LogP contribution is 2.15. The highest BCUT2D eigenvalue weighted by atomic mass is 16.5. The first-order valence-corrected chi connectivity index (χ1v) is 8.32. The number of amides is 1. The largest absolute Gasteiger partial charge is 0.466 e. The van der Waals surface area contributed by atoms with Crippen molar-refractivity contribution in [2.24, 2.45) is 0 Å². The summed E-state index contributed by atoms with van der Waals surface area (Å²) in [6.45, 7) is 5.97. The zero-order chi connectivity index (χ0) is 16.7. The molecule has 0 saturated carbocycles. The average Bonchev–Trinajstić information content (AvgIpc) is 3.04. The maximum Gasteiger partial charge on any atom is 0.305 e. The molecule has 0 aromatic carbocycles.